The fourth-order valence-corrected chi connectivity index (χ4v) is 1.84. The summed E-state index contributed by atoms with van der Waals surface area (Å²) in [6.07, 6.45) is 1.16. The van der Waals surface area contributed by atoms with Gasteiger partial charge in [0, 0.05) is 11.8 Å². The average molecular weight is 231 g/mol. The molecule has 84 valence electrons. The van der Waals surface area contributed by atoms with Crippen molar-refractivity contribution >= 4 is 24.7 Å². The Labute approximate surface area is 93.1 Å². The molecule has 1 N–H and O–H groups in total. The summed E-state index contributed by atoms with van der Waals surface area (Å²) in [5, 5.41) is 8.76. The Hall–Kier alpha value is -1.17. The third-order valence-corrected chi connectivity index (χ3v) is 2.50. The van der Waals surface area contributed by atoms with Crippen LogP contribution in [0.15, 0.2) is 12.7 Å². The quantitative estimate of drug-likeness (QED) is 0.556. The first-order chi connectivity index (χ1) is 7.06. The van der Waals surface area contributed by atoms with E-state index in [-0.39, 0.29) is 11.9 Å². The molecule has 1 saturated heterocycles. The lowest BCUT2D eigenvalue weighted by atomic mass is 10.2. The van der Waals surface area contributed by atoms with Gasteiger partial charge in [0.15, 0.2) is 0 Å². The molecule has 2 unspecified atom stereocenters. The van der Waals surface area contributed by atoms with E-state index in [0.29, 0.717) is 13.0 Å². The number of nitrogens with zero attached hydrogens (tertiary/aromatic N) is 1. The number of aliphatic carboxylic acids is 1. The monoisotopic (exact) mass is 231 g/mol. The zero-order chi connectivity index (χ0) is 11.4. The molecule has 15 heavy (non-hydrogen) atoms. The Bertz CT molecular complexity index is 281. The third-order valence-electron chi connectivity index (χ3n) is 2.12. The van der Waals surface area contributed by atoms with Crippen LogP contribution in [0.1, 0.15) is 6.42 Å². The zero-order valence-electron chi connectivity index (χ0n) is 8.13. The summed E-state index contributed by atoms with van der Waals surface area (Å²) in [5.41, 5.74) is 0. The molecule has 6 heteroatoms. The van der Waals surface area contributed by atoms with Crippen LogP contribution in [-0.4, -0.2) is 46.5 Å². The number of thiol groups is 1. The third kappa shape index (κ3) is 2.89. The van der Waals surface area contributed by atoms with Gasteiger partial charge in [-0.2, -0.15) is 12.6 Å². The molecule has 0 radical (unpaired) electrons. The lowest BCUT2D eigenvalue weighted by Gasteiger charge is -2.20. The van der Waals surface area contributed by atoms with Crippen molar-refractivity contribution in [2.45, 2.75) is 17.7 Å². The molecular weight excluding hydrogens is 218 g/mol. The number of carboxylic acids is 1. The van der Waals surface area contributed by atoms with Crippen LogP contribution in [0.5, 0.6) is 0 Å². The molecule has 1 rings (SSSR count). The van der Waals surface area contributed by atoms with E-state index in [1.807, 2.05) is 0 Å². The zero-order valence-corrected chi connectivity index (χ0v) is 9.02. The van der Waals surface area contributed by atoms with Gasteiger partial charge in [-0.3, -0.25) is 4.90 Å². The highest BCUT2D eigenvalue weighted by Gasteiger charge is 2.39. The molecular formula is C9H13NO4S. The Morgan fingerprint density at radius 2 is 2.33 bits per heavy atom. The number of carbonyl (C=O) groups is 2. The van der Waals surface area contributed by atoms with E-state index in [4.69, 9.17) is 9.84 Å². The molecule has 0 aromatic carbocycles. The SMILES string of the molecule is C=CCOC(=O)N1CC(S)CC1C(=O)O. The highest BCUT2D eigenvalue weighted by atomic mass is 32.1. The molecule has 1 amide bonds. The molecule has 1 fully saturated rings. The Balaban J connectivity index is 2.62. The van der Waals surface area contributed by atoms with Gasteiger partial charge in [0.25, 0.3) is 0 Å². The molecule has 0 spiro atoms. The van der Waals surface area contributed by atoms with Gasteiger partial charge in [-0.05, 0) is 6.42 Å². The van der Waals surface area contributed by atoms with Crippen molar-refractivity contribution in [1.29, 1.82) is 0 Å². The molecule has 0 aromatic rings. The fourth-order valence-electron chi connectivity index (χ4n) is 1.46. The first-order valence-electron chi connectivity index (χ1n) is 4.51. The van der Waals surface area contributed by atoms with Crippen molar-refractivity contribution in [2.75, 3.05) is 13.2 Å². The number of likely N-dealkylation sites (tertiary alicyclic amines) is 1. The number of hydrogen-bond acceptors (Lipinski definition) is 4. The van der Waals surface area contributed by atoms with E-state index in [1.54, 1.807) is 0 Å². The molecule has 1 aliphatic rings. The number of amides is 1. The van der Waals surface area contributed by atoms with Crippen molar-refractivity contribution in [3.63, 3.8) is 0 Å². The molecule has 5 nitrogen and oxygen atoms in total. The number of hydrogen-bond donors (Lipinski definition) is 2. The van der Waals surface area contributed by atoms with Crippen LogP contribution in [0.2, 0.25) is 0 Å². The summed E-state index contributed by atoms with van der Waals surface area (Å²) in [6.45, 7) is 3.79. The summed E-state index contributed by atoms with van der Waals surface area (Å²) < 4.78 is 4.78. The largest absolute Gasteiger partial charge is 0.480 e. The highest BCUT2D eigenvalue weighted by Crippen LogP contribution is 2.22. The minimum Gasteiger partial charge on any atom is -0.480 e. The van der Waals surface area contributed by atoms with Gasteiger partial charge in [-0.25, -0.2) is 9.59 Å². The normalized spacial score (nSPS) is 25.0. The summed E-state index contributed by atoms with van der Waals surface area (Å²) >= 11 is 4.16. The lowest BCUT2D eigenvalue weighted by Crippen LogP contribution is -2.40. The maximum Gasteiger partial charge on any atom is 0.410 e. The molecule has 1 heterocycles. The number of rotatable bonds is 3. The van der Waals surface area contributed by atoms with Crippen molar-refractivity contribution in [3.05, 3.63) is 12.7 Å². The van der Waals surface area contributed by atoms with Crippen LogP contribution < -0.4 is 0 Å². The smallest absolute Gasteiger partial charge is 0.410 e. The predicted octanol–water partition coefficient (Wildman–Crippen LogP) is 0.766. The van der Waals surface area contributed by atoms with E-state index in [0.717, 1.165) is 0 Å². The lowest BCUT2D eigenvalue weighted by molar-refractivity contribution is -0.141. The van der Waals surface area contributed by atoms with Crippen LogP contribution >= 0.6 is 12.6 Å². The maximum absolute atomic E-state index is 11.4. The topological polar surface area (TPSA) is 66.8 Å². The van der Waals surface area contributed by atoms with Gasteiger partial charge < -0.3 is 9.84 Å². The average Bonchev–Trinajstić information content (AvgIpc) is 2.57. The molecule has 1 aliphatic heterocycles. The van der Waals surface area contributed by atoms with Gasteiger partial charge >= 0.3 is 12.1 Å². The first kappa shape index (κ1) is 11.9. The second-order valence-electron chi connectivity index (χ2n) is 3.26. The molecule has 0 aromatic heterocycles. The van der Waals surface area contributed by atoms with Crippen molar-refractivity contribution in [2.24, 2.45) is 0 Å². The van der Waals surface area contributed by atoms with Crippen molar-refractivity contribution in [1.82, 2.24) is 4.90 Å². The van der Waals surface area contributed by atoms with Gasteiger partial charge in [-0.1, -0.05) is 12.7 Å². The summed E-state index contributed by atoms with van der Waals surface area (Å²) in [5.74, 6) is -1.03. The Morgan fingerprint density at radius 3 is 2.87 bits per heavy atom. The van der Waals surface area contributed by atoms with Gasteiger partial charge in [0.1, 0.15) is 12.6 Å². The highest BCUT2D eigenvalue weighted by molar-refractivity contribution is 7.81. The number of carboxylic acid groups (broad SMARTS) is 1. The second-order valence-corrected chi connectivity index (χ2v) is 3.99. The Morgan fingerprint density at radius 1 is 1.67 bits per heavy atom. The van der Waals surface area contributed by atoms with E-state index in [1.165, 1.54) is 11.0 Å². The summed E-state index contributed by atoms with van der Waals surface area (Å²) in [6, 6.07) is -0.829. The van der Waals surface area contributed by atoms with Crippen molar-refractivity contribution in [3.8, 4) is 0 Å². The van der Waals surface area contributed by atoms with Crippen LogP contribution in [-0.2, 0) is 9.53 Å². The van der Waals surface area contributed by atoms with Crippen LogP contribution in [0, 0.1) is 0 Å². The van der Waals surface area contributed by atoms with Gasteiger partial charge in [0.2, 0.25) is 0 Å². The molecule has 0 saturated carbocycles. The van der Waals surface area contributed by atoms with Crippen molar-refractivity contribution < 1.29 is 19.4 Å². The first-order valence-corrected chi connectivity index (χ1v) is 5.03. The fraction of sp³-hybridized carbons (Fsp3) is 0.556. The van der Waals surface area contributed by atoms with E-state index < -0.39 is 18.1 Å². The summed E-state index contributed by atoms with van der Waals surface area (Å²) in [7, 11) is 0. The number of ether oxygens (including phenoxy) is 1. The van der Waals surface area contributed by atoms with Crippen LogP contribution in [0.4, 0.5) is 4.79 Å². The Kier molecular flexibility index (Phi) is 4.02. The minimum absolute atomic E-state index is 0.0823. The minimum atomic E-state index is -1.03. The standard InChI is InChI=1S/C9H13NO4S/c1-2-3-14-9(13)10-5-6(15)4-7(10)8(11)12/h2,6-7,15H,1,3-5H2,(H,11,12). The van der Waals surface area contributed by atoms with E-state index >= 15 is 0 Å². The number of carbonyl (C=O) groups excluding carboxylic acids is 1. The molecule has 0 bridgehead atoms. The van der Waals surface area contributed by atoms with E-state index in [2.05, 4.69) is 19.2 Å². The van der Waals surface area contributed by atoms with Gasteiger partial charge in [0.05, 0.1) is 0 Å². The van der Waals surface area contributed by atoms with Crippen LogP contribution in [0.3, 0.4) is 0 Å². The second kappa shape index (κ2) is 5.06. The van der Waals surface area contributed by atoms with E-state index in [9.17, 15) is 9.59 Å². The maximum atomic E-state index is 11.4. The molecule has 2 atom stereocenters. The molecule has 0 aliphatic carbocycles. The van der Waals surface area contributed by atoms with Crippen LogP contribution in [0.25, 0.3) is 0 Å². The van der Waals surface area contributed by atoms with Gasteiger partial charge in [-0.15, -0.1) is 0 Å². The summed E-state index contributed by atoms with van der Waals surface area (Å²) in [4.78, 5) is 23.4. The predicted molar refractivity (Wildman–Crippen MR) is 57.1 cm³/mol.